The average Bonchev–Trinajstić information content (AvgIpc) is 2.01. The van der Waals surface area contributed by atoms with Crippen molar-refractivity contribution in [2.24, 2.45) is 0 Å². The Morgan fingerprint density at radius 1 is 1.46 bits per heavy atom. The maximum Gasteiger partial charge on any atom is 0.239 e. The van der Waals surface area contributed by atoms with Crippen LogP contribution in [0.15, 0.2) is 0 Å². The van der Waals surface area contributed by atoms with E-state index in [1.807, 2.05) is 0 Å². The molecule has 0 heterocycles. The van der Waals surface area contributed by atoms with Crippen LogP contribution in [0, 0.1) is 11.3 Å². The van der Waals surface area contributed by atoms with E-state index in [0.29, 0.717) is 0 Å². The highest BCUT2D eigenvalue weighted by molar-refractivity contribution is 7.92. The molecule has 74 valence electrons. The lowest BCUT2D eigenvalue weighted by Crippen LogP contribution is -2.41. The predicted molar refractivity (Wildman–Crippen MR) is 47.5 cm³/mol. The summed E-state index contributed by atoms with van der Waals surface area (Å²) in [7, 11) is -3.38. The van der Waals surface area contributed by atoms with Crippen molar-refractivity contribution in [1.29, 1.82) is 5.26 Å². The fourth-order valence-electron chi connectivity index (χ4n) is 0.557. The van der Waals surface area contributed by atoms with Gasteiger partial charge in [-0.25, -0.2) is 8.42 Å². The van der Waals surface area contributed by atoms with Crippen LogP contribution in [0.5, 0.6) is 0 Å². The lowest BCUT2D eigenvalue weighted by molar-refractivity contribution is -0.120. The van der Waals surface area contributed by atoms with Crippen molar-refractivity contribution in [3.8, 4) is 6.07 Å². The van der Waals surface area contributed by atoms with Crippen LogP contribution in [0.2, 0.25) is 0 Å². The van der Waals surface area contributed by atoms with Crippen LogP contribution in [0.25, 0.3) is 0 Å². The Morgan fingerprint density at radius 2 is 1.92 bits per heavy atom. The minimum Gasteiger partial charge on any atom is -0.340 e. The van der Waals surface area contributed by atoms with Gasteiger partial charge in [0.25, 0.3) is 0 Å². The van der Waals surface area contributed by atoms with Crippen molar-refractivity contribution < 1.29 is 13.2 Å². The highest BCUT2D eigenvalue weighted by Crippen LogP contribution is 1.97. The molecular weight excluding hydrogens is 192 g/mol. The van der Waals surface area contributed by atoms with Gasteiger partial charge in [-0.15, -0.1) is 0 Å². The van der Waals surface area contributed by atoms with Gasteiger partial charge in [0.2, 0.25) is 5.91 Å². The fraction of sp³-hybridized carbons (Fsp3) is 0.714. The van der Waals surface area contributed by atoms with Crippen molar-refractivity contribution in [3.05, 3.63) is 0 Å². The molecule has 0 aromatic carbocycles. The van der Waals surface area contributed by atoms with Gasteiger partial charge < -0.3 is 5.32 Å². The average molecular weight is 204 g/mol. The van der Waals surface area contributed by atoms with E-state index >= 15 is 0 Å². The second-order valence-corrected chi connectivity index (χ2v) is 5.20. The third-order valence-electron chi connectivity index (χ3n) is 1.56. The van der Waals surface area contributed by atoms with E-state index in [9.17, 15) is 13.2 Å². The number of sulfone groups is 1. The molecule has 0 spiro atoms. The Kier molecular flexibility index (Phi) is 3.88. The van der Waals surface area contributed by atoms with E-state index in [2.05, 4.69) is 5.32 Å². The van der Waals surface area contributed by atoms with Crippen LogP contribution in [0.4, 0.5) is 0 Å². The molecule has 5 nitrogen and oxygen atoms in total. The summed E-state index contributed by atoms with van der Waals surface area (Å²) in [5.41, 5.74) is 0. The molecule has 0 aliphatic heterocycles. The molecule has 0 rings (SSSR count). The summed E-state index contributed by atoms with van der Waals surface area (Å²) >= 11 is 0. The van der Waals surface area contributed by atoms with E-state index in [4.69, 9.17) is 5.26 Å². The molecule has 6 heteroatoms. The monoisotopic (exact) mass is 204 g/mol. The smallest absolute Gasteiger partial charge is 0.239 e. The van der Waals surface area contributed by atoms with Crippen LogP contribution >= 0.6 is 0 Å². The Balaban J connectivity index is 4.40. The van der Waals surface area contributed by atoms with Crippen LogP contribution in [0.1, 0.15) is 13.8 Å². The van der Waals surface area contributed by atoms with Crippen LogP contribution in [0.3, 0.4) is 0 Å². The number of nitriles is 1. The number of nitrogens with zero attached hydrogens (tertiary/aromatic N) is 1. The summed E-state index contributed by atoms with van der Waals surface area (Å²) in [5, 5.41) is 9.50. The summed E-state index contributed by atoms with van der Waals surface area (Å²) in [5.74, 6) is -0.642. The molecule has 2 atom stereocenters. The molecule has 0 aliphatic carbocycles. The van der Waals surface area contributed by atoms with Crippen LogP contribution in [-0.4, -0.2) is 31.9 Å². The standard InChI is InChI=1S/C7H12N2O3S/c1-5(4-8)9-7(10)6(2)13(3,11)12/h5-6H,1-3H3,(H,9,10). The maximum absolute atomic E-state index is 11.1. The van der Waals surface area contributed by atoms with Gasteiger partial charge in [-0.2, -0.15) is 5.26 Å². The molecule has 0 fully saturated rings. The Labute approximate surface area is 77.7 Å². The number of rotatable bonds is 3. The normalized spacial score (nSPS) is 15.5. The summed E-state index contributed by atoms with van der Waals surface area (Å²) in [6, 6.07) is 1.11. The lowest BCUT2D eigenvalue weighted by atomic mass is 10.3. The van der Waals surface area contributed by atoms with Gasteiger partial charge in [0, 0.05) is 6.26 Å². The van der Waals surface area contributed by atoms with Crippen molar-refractivity contribution in [3.63, 3.8) is 0 Å². The van der Waals surface area contributed by atoms with Crippen molar-refractivity contribution >= 4 is 15.7 Å². The van der Waals surface area contributed by atoms with Crippen LogP contribution < -0.4 is 5.32 Å². The van der Waals surface area contributed by atoms with E-state index in [0.717, 1.165) is 6.26 Å². The predicted octanol–water partition coefficient (Wildman–Crippen LogP) is -0.552. The van der Waals surface area contributed by atoms with E-state index < -0.39 is 27.0 Å². The van der Waals surface area contributed by atoms with Gasteiger partial charge in [-0.1, -0.05) is 0 Å². The van der Waals surface area contributed by atoms with Gasteiger partial charge >= 0.3 is 0 Å². The third-order valence-corrected chi connectivity index (χ3v) is 3.06. The molecule has 0 aromatic heterocycles. The molecule has 1 amide bonds. The summed E-state index contributed by atoms with van der Waals surface area (Å²) in [6.07, 6.45) is 0.980. The molecule has 0 saturated heterocycles. The topological polar surface area (TPSA) is 87.0 Å². The first-order chi connectivity index (χ1) is 5.79. The highest BCUT2D eigenvalue weighted by atomic mass is 32.2. The lowest BCUT2D eigenvalue weighted by Gasteiger charge is -2.10. The number of hydrogen-bond acceptors (Lipinski definition) is 4. The molecule has 0 saturated carbocycles. The Hall–Kier alpha value is -1.09. The Bertz CT molecular complexity index is 328. The SMILES string of the molecule is CC(C#N)NC(=O)C(C)S(C)(=O)=O. The molecule has 2 unspecified atom stereocenters. The van der Waals surface area contributed by atoms with Gasteiger partial charge in [0.15, 0.2) is 9.84 Å². The summed E-state index contributed by atoms with van der Waals surface area (Å²) in [6.45, 7) is 2.77. The molecule has 0 radical (unpaired) electrons. The zero-order valence-corrected chi connectivity index (χ0v) is 8.55. The highest BCUT2D eigenvalue weighted by Gasteiger charge is 2.24. The summed E-state index contributed by atoms with van der Waals surface area (Å²) < 4.78 is 21.8. The molecule has 0 aromatic rings. The van der Waals surface area contributed by atoms with Gasteiger partial charge in [-0.05, 0) is 13.8 Å². The first-order valence-corrected chi connectivity index (χ1v) is 5.63. The number of carbonyl (C=O) groups excluding carboxylic acids is 1. The van der Waals surface area contributed by atoms with Gasteiger partial charge in [0.1, 0.15) is 11.3 Å². The minimum atomic E-state index is -3.38. The second kappa shape index (κ2) is 4.23. The largest absolute Gasteiger partial charge is 0.340 e. The number of hydrogen-bond donors (Lipinski definition) is 1. The van der Waals surface area contributed by atoms with Gasteiger partial charge in [-0.3, -0.25) is 4.79 Å². The van der Waals surface area contributed by atoms with E-state index in [1.165, 1.54) is 13.8 Å². The second-order valence-electron chi connectivity index (χ2n) is 2.83. The molecule has 13 heavy (non-hydrogen) atoms. The van der Waals surface area contributed by atoms with E-state index in [1.54, 1.807) is 6.07 Å². The zero-order chi connectivity index (χ0) is 10.6. The number of carbonyl (C=O) groups is 1. The number of amides is 1. The van der Waals surface area contributed by atoms with Crippen LogP contribution in [-0.2, 0) is 14.6 Å². The van der Waals surface area contributed by atoms with Crippen molar-refractivity contribution in [2.45, 2.75) is 25.1 Å². The molecular formula is C7H12N2O3S. The first-order valence-electron chi connectivity index (χ1n) is 3.68. The minimum absolute atomic E-state index is 0.642. The third kappa shape index (κ3) is 3.90. The number of nitrogens with one attached hydrogen (secondary N) is 1. The first kappa shape index (κ1) is 11.9. The van der Waals surface area contributed by atoms with Crippen molar-refractivity contribution in [1.82, 2.24) is 5.32 Å². The van der Waals surface area contributed by atoms with Gasteiger partial charge in [0.05, 0.1) is 6.07 Å². The maximum atomic E-state index is 11.1. The quantitative estimate of drug-likeness (QED) is 0.668. The summed E-state index contributed by atoms with van der Waals surface area (Å²) in [4.78, 5) is 11.1. The Morgan fingerprint density at radius 3 is 2.23 bits per heavy atom. The zero-order valence-electron chi connectivity index (χ0n) is 7.73. The molecule has 1 N–H and O–H groups in total. The molecule has 0 aliphatic rings. The van der Waals surface area contributed by atoms with Crippen molar-refractivity contribution in [2.75, 3.05) is 6.26 Å². The fourth-order valence-corrected chi connectivity index (χ4v) is 1.01. The van der Waals surface area contributed by atoms with E-state index in [-0.39, 0.29) is 0 Å². The molecule has 0 bridgehead atoms.